The van der Waals surface area contributed by atoms with E-state index in [0.29, 0.717) is 35.9 Å². The van der Waals surface area contributed by atoms with E-state index >= 15 is 0 Å². The Morgan fingerprint density at radius 3 is 2.40 bits per heavy atom. The Labute approximate surface area is 272 Å². The van der Waals surface area contributed by atoms with Crippen molar-refractivity contribution in [3.8, 4) is 23.0 Å². The minimum absolute atomic E-state index is 0.0235. The van der Waals surface area contributed by atoms with Crippen molar-refractivity contribution in [1.29, 1.82) is 0 Å². The maximum absolute atomic E-state index is 12.8. The lowest BCUT2D eigenvalue weighted by molar-refractivity contribution is -0.224. The van der Waals surface area contributed by atoms with Crippen molar-refractivity contribution in [1.82, 2.24) is 9.80 Å². The molecule has 11 atom stereocenters. The summed E-state index contributed by atoms with van der Waals surface area (Å²) < 4.78 is 13.4. The number of nitrogens with zero attached hydrogens (tertiary/aromatic N) is 4. The Kier molecular flexibility index (Phi) is 4.36. The molecule has 5 fully saturated rings. The van der Waals surface area contributed by atoms with Gasteiger partial charge in [0.05, 0.1) is 16.5 Å². The predicted molar refractivity (Wildman–Crippen MR) is 174 cm³/mol. The molecule has 0 radical (unpaired) electrons. The third kappa shape index (κ3) is 2.45. The molecule has 4 bridgehead atoms. The SMILES string of the molecule is C=CCN1C2C3=C/C(=N\N=C4/CC5C[C@]67c8c(ccc(O)c8O[C@@H]46)C[C@H]4N(CC=C)C5[C@@]47O)[C@@H]4Oc5c(O)ccc6c5[C@]4(C3)[C@@H]2[C@H]1C6. The molecule has 4 aliphatic heterocycles. The maximum atomic E-state index is 12.8. The molecule has 2 saturated heterocycles. The van der Waals surface area contributed by atoms with E-state index in [9.17, 15) is 15.3 Å². The second kappa shape index (κ2) is 7.86. The summed E-state index contributed by atoms with van der Waals surface area (Å²) in [5.41, 5.74) is 5.63. The summed E-state index contributed by atoms with van der Waals surface area (Å²) in [4.78, 5) is 5.00. The van der Waals surface area contributed by atoms with Crippen molar-refractivity contribution in [2.24, 2.45) is 22.0 Å². The lowest BCUT2D eigenvalue weighted by atomic mass is 9.53. The molecule has 6 aliphatic carbocycles. The third-order valence-corrected chi connectivity index (χ3v) is 14.4. The number of aromatic hydroxyl groups is 2. The van der Waals surface area contributed by atoms with Gasteiger partial charge in [-0.2, -0.15) is 10.2 Å². The lowest BCUT2D eigenvalue weighted by Gasteiger charge is -2.65. The van der Waals surface area contributed by atoms with Crippen LogP contribution >= 0.6 is 0 Å². The Hall–Kier alpha value is -3.92. The minimum atomic E-state index is -0.970. The summed E-state index contributed by atoms with van der Waals surface area (Å²) in [5.74, 6) is 2.01. The van der Waals surface area contributed by atoms with E-state index in [1.165, 1.54) is 16.7 Å². The molecule has 2 spiro atoms. The van der Waals surface area contributed by atoms with Crippen LogP contribution in [0.15, 0.2) is 71.4 Å². The fourth-order valence-electron chi connectivity index (χ4n) is 13.4. The smallest absolute Gasteiger partial charge is 0.166 e. The topological polar surface area (TPSA) is 110 Å². The molecule has 4 heterocycles. The van der Waals surface area contributed by atoms with Crippen molar-refractivity contribution in [2.75, 3.05) is 13.1 Å². The van der Waals surface area contributed by atoms with Gasteiger partial charge in [0.2, 0.25) is 0 Å². The number of phenols is 2. The zero-order valence-corrected chi connectivity index (χ0v) is 26.0. The van der Waals surface area contributed by atoms with Crippen LogP contribution in [0.1, 0.15) is 41.5 Å². The van der Waals surface area contributed by atoms with Gasteiger partial charge in [0.1, 0.15) is 11.3 Å². The summed E-state index contributed by atoms with van der Waals surface area (Å²) >= 11 is 0. The van der Waals surface area contributed by atoms with Gasteiger partial charge in [-0.05, 0) is 72.9 Å². The Bertz CT molecular complexity index is 2020. The molecule has 0 amide bonds. The quantitative estimate of drug-likeness (QED) is 0.345. The zero-order chi connectivity index (χ0) is 31.4. The van der Waals surface area contributed by atoms with E-state index in [1.54, 1.807) is 12.1 Å². The number of likely N-dealkylation sites (tertiary alicyclic amines) is 2. The fourth-order valence-corrected chi connectivity index (χ4v) is 13.4. The van der Waals surface area contributed by atoms with Gasteiger partial charge >= 0.3 is 0 Å². The van der Waals surface area contributed by atoms with E-state index in [2.05, 4.69) is 35.1 Å². The number of hydrogen-bond acceptors (Lipinski definition) is 9. The highest BCUT2D eigenvalue weighted by atomic mass is 16.5. The first-order valence-electron chi connectivity index (χ1n) is 17.2. The molecule has 12 rings (SSSR count). The van der Waals surface area contributed by atoms with Crippen molar-refractivity contribution >= 4 is 11.4 Å². The summed E-state index contributed by atoms with van der Waals surface area (Å²) in [5, 5.41) is 44.9. The lowest BCUT2D eigenvalue weighted by Crippen LogP contribution is -2.83. The van der Waals surface area contributed by atoms with Crippen LogP contribution in [0.3, 0.4) is 0 Å². The first-order chi connectivity index (χ1) is 22.9. The van der Waals surface area contributed by atoms with Crippen LogP contribution in [0.5, 0.6) is 23.0 Å². The molecule has 9 nitrogen and oxygen atoms in total. The second-order valence-corrected chi connectivity index (χ2v) is 15.8. The van der Waals surface area contributed by atoms with E-state index in [-0.39, 0.29) is 41.0 Å². The average Bonchev–Trinajstić information content (AvgIpc) is 3.73. The Balaban J connectivity index is 1.02. The molecule has 3 unspecified atom stereocenters. The van der Waals surface area contributed by atoms with Gasteiger partial charge < -0.3 is 24.8 Å². The molecule has 9 heteroatoms. The van der Waals surface area contributed by atoms with Crippen LogP contribution in [-0.2, 0) is 23.7 Å². The van der Waals surface area contributed by atoms with Gasteiger partial charge in [-0.3, -0.25) is 9.80 Å². The van der Waals surface area contributed by atoms with Crippen LogP contribution in [0, 0.1) is 11.8 Å². The summed E-state index contributed by atoms with van der Waals surface area (Å²) in [7, 11) is 0. The van der Waals surface area contributed by atoms with E-state index in [4.69, 9.17) is 19.7 Å². The number of aliphatic hydroxyl groups is 1. The van der Waals surface area contributed by atoms with Crippen molar-refractivity contribution in [2.45, 2.75) is 84.9 Å². The highest BCUT2D eigenvalue weighted by Crippen LogP contribution is 2.73. The molecular formula is C38H36N4O5. The summed E-state index contributed by atoms with van der Waals surface area (Å²) in [6.45, 7) is 9.64. The predicted octanol–water partition coefficient (Wildman–Crippen LogP) is 3.30. The van der Waals surface area contributed by atoms with Gasteiger partial charge in [0.15, 0.2) is 35.2 Å². The van der Waals surface area contributed by atoms with Crippen LogP contribution in [-0.4, -0.2) is 91.6 Å². The Morgan fingerprint density at radius 2 is 1.62 bits per heavy atom. The number of phenolic OH excluding ortho intramolecular Hbond substituents is 2. The largest absolute Gasteiger partial charge is 0.504 e. The molecular weight excluding hydrogens is 592 g/mol. The fraction of sp³-hybridized carbons (Fsp3) is 0.474. The van der Waals surface area contributed by atoms with Crippen LogP contribution in [0.2, 0.25) is 0 Å². The number of benzene rings is 2. The third-order valence-electron chi connectivity index (χ3n) is 14.4. The van der Waals surface area contributed by atoms with Crippen LogP contribution in [0.4, 0.5) is 0 Å². The van der Waals surface area contributed by atoms with E-state index < -0.39 is 17.1 Å². The van der Waals surface area contributed by atoms with Crippen molar-refractivity contribution in [3.05, 3.63) is 83.5 Å². The number of hydrogen-bond donors (Lipinski definition) is 3. The summed E-state index contributed by atoms with van der Waals surface area (Å²) in [6.07, 6.45) is 9.35. The van der Waals surface area contributed by atoms with E-state index in [1.807, 2.05) is 18.2 Å². The number of fused-ring (bicyclic) bond motifs is 4. The first kappa shape index (κ1) is 26.1. The van der Waals surface area contributed by atoms with Crippen molar-refractivity contribution in [3.63, 3.8) is 0 Å². The Morgan fingerprint density at radius 1 is 0.894 bits per heavy atom. The molecule has 0 aromatic heterocycles. The molecule has 2 aromatic rings. The van der Waals surface area contributed by atoms with Gasteiger partial charge in [-0.15, -0.1) is 13.2 Å². The second-order valence-electron chi connectivity index (χ2n) is 15.8. The van der Waals surface area contributed by atoms with Crippen LogP contribution in [0.25, 0.3) is 0 Å². The highest BCUT2D eigenvalue weighted by molar-refractivity contribution is 6.05. The minimum Gasteiger partial charge on any atom is -0.504 e. The normalized spacial score (nSPS) is 45.9. The molecule has 2 aromatic carbocycles. The molecule has 47 heavy (non-hydrogen) atoms. The number of rotatable bonds is 5. The molecule has 3 N–H and O–H groups in total. The average molecular weight is 629 g/mol. The van der Waals surface area contributed by atoms with Gasteiger partial charge in [-0.1, -0.05) is 24.3 Å². The highest BCUT2D eigenvalue weighted by Gasteiger charge is 2.84. The first-order valence-corrected chi connectivity index (χ1v) is 17.2. The summed E-state index contributed by atoms with van der Waals surface area (Å²) in [6, 6.07) is 8.25. The monoisotopic (exact) mass is 628 g/mol. The van der Waals surface area contributed by atoms with E-state index in [0.717, 1.165) is 61.3 Å². The molecule has 10 aliphatic rings. The zero-order valence-electron chi connectivity index (χ0n) is 26.0. The molecule has 238 valence electrons. The van der Waals surface area contributed by atoms with Gasteiger partial charge in [-0.25, -0.2) is 0 Å². The van der Waals surface area contributed by atoms with Gasteiger partial charge in [0, 0.05) is 54.3 Å². The van der Waals surface area contributed by atoms with Crippen molar-refractivity contribution < 1.29 is 24.8 Å². The molecule has 3 saturated carbocycles. The van der Waals surface area contributed by atoms with Gasteiger partial charge in [0.25, 0.3) is 0 Å². The van der Waals surface area contributed by atoms with Crippen LogP contribution < -0.4 is 9.47 Å². The standard InChI is InChI=1S/C38H36N4O5/c1-3-9-41-23-13-17-5-7-24(43)31-27(17)36-15-19(30(41)29(23)36)11-21(34(36)46-31)39-40-22-12-20-16-37-28-18(6-8-25(44)32(28)47-35(22)37)14-26-38(37,45)33(20)42(26)10-4-2/h3-8,11,20,23,26,29-30,33-35,43-45H,1-2,9-10,12-16H2/b39-21+,40-22+/t20?,23-,26-,29-,30?,33?,34+,35+,36-,37+,38+/m1/s1. The maximum Gasteiger partial charge on any atom is 0.166 e. The number of ether oxygens (including phenoxy) is 2.